The van der Waals surface area contributed by atoms with E-state index in [2.05, 4.69) is 10.3 Å². The molecule has 0 aliphatic heterocycles. The number of carbonyl (C=O) groups excluding carboxylic acids is 1. The smallest absolute Gasteiger partial charge is 0.263 e. The molecule has 3 aromatic heterocycles. The molecule has 0 bridgehead atoms. The number of hydrogen-bond donors (Lipinski definition) is 1. The first kappa shape index (κ1) is 18.1. The van der Waals surface area contributed by atoms with Gasteiger partial charge in [0.05, 0.1) is 17.7 Å². The second kappa shape index (κ2) is 8.13. The molecule has 0 spiro atoms. The van der Waals surface area contributed by atoms with Gasteiger partial charge in [0.2, 0.25) is 5.91 Å². The van der Waals surface area contributed by atoms with Gasteiger partial charge in [-0.25, -0.2) is 4.98 Å². The molecule has 9 heteroatoms. The Morgan fingerprint density at radius 3 is 3.00 bits per heavy atom. The second-order valence-electron chi connectivity index (χ2n) is 5.20. The predicted octanol–water partition coefficient (Wildman–Crippen LogP) is 2.58. The van der Waals surface area contributed by atoms with Crippen molar-refractivity contribution in [1.82, 2.24) is 14.9 Å². The summed E-state index contributed by atoms with van der Waals surface area (Å²) in [6.45, 7) is 0.941. The molecule has 3 heterocycles. The van der Waals surface area contributed by atoms with Gasteiger partial charge in [-0.05, 0) is 11.4 Å². The van der Waals surface area contributed by atoms with E-state index in [-0.39, 0.29) is 17.2 Å². The molecule has 0 saturated carbocycles. The number of aromatic nitrogens is 2. The standard InChI is InChI=1S/C16H17N3O3S3/c1-19-15(21)13-10(11-4-3-7-23-11)8-24-14(13)18-16(19)25-9-12(20)17-5-6-22-2/h3-4,7-8H,5-6,9H2,1-2H3,(H,17,20). The second-order valence-corrected chi connectivity index (χ2v) is 7.95. The summed E-state index contributed by atoms with van der Waals surface area (Å²) in [6.07, 6.45) is 0. The minimum Gasteiger partial charge on any atom is -0.383 e. The fraction of sp³-hybridized carbons (Fsp3) is 0.312. The molecule has 3 rings (SSSR count). The zero-order valence-corrected chi connectivity index (χ0v) is 16.2. The Hall–Kier alpha value is -1.68. The van der Waals surface area contributed by atoms with Gasteiger partial charge in [0.15, 0.2) is 5.16 Å². The Morgan fingerprint density at radius 1 is 1.44 bits per heavy atom. The molecule has 0 unspecified atom stereocenters. The fourth-order valence-corrected chi connectivity index (χ4v) is 4.87. The lowest BCUT2D eigenvalue weighted by atomic mass is 10.2. The number of nitrogens with zero attached hydrogens (tertiary/aromatic N) is 2. The van der Waals surface area contributed by atoms with E-state index < -0.39 is 0 Å². The van der Waals surface area contributed by atoms with Gasteiger partial charge in [-0.3, -0.25) is 14.2 Å². The minimum absolute atomic E-state index is 0.0862. The zero-order valence-electron chi connectivity index (χ0n) is 13.8. The quantitative estimate of drug-likeness (QED) is 0.378. The van der Waals surface area contributed by atoms with E-state index in [1.54, 1.807) is 25.5 Å². The first-order valence-corrected chi connectivity index (χ1v) is 10.3. The van der Waals surface area contributed by atoms with Crippen LogP contribution in [0.1, 0.15) is 0 Å². The van der Waals surface area contributed by atoms with Crippen LogP contribution in [-0.4, -0.2) is 41.5 Å². The van der Waals surface area contributed by atoms with Crippen LogP contribution in [0.15, 0.2) is 32.8 Å². The molecule has 3 aromatic rings. The maximum absolute atomic E-state index is 12.8. The number of nitrogens with one attached hydrogen (secondary N) is 1. The summed E-state index contributed by atoms with van der Waals surface area (Å²) in [5.74, 6) is 0.0976. The maximum Gasteiger partial charge on any atom is 0.263 e. The van der Waals surface area contributed by atoms with Crippen molar-refractivity contribution < 1.29 is 9.53 Å². The van der Waals surface area contributed by atoms with Crippen molar-refractivity contribution in [1.29, 1.82) is 0 Å². The lowest BCUT2D eigenvalue weighted by molar-refractivity contribution is -0.118. The summed E-state index contributed by atoms with van der Waals surface area (Å²) in [5.41, 5.74) is 0.842. The number of methoxy groups -OCH3 is 1. The van der Waals surface area contributed by atoms with Crippen LogP contribution in [0.3, 0.4) is 0 Å². The van der Waals surface area contributed by atoms with Crippen molar-refractivity contribution in [3.63, 3.8) is 0 Å². The molecule has 1 amide bonds. The first-order chi connectivity index (χ1) is 12.1. The Bertz CT molecular complexity index is 931. The summed E-state index contributed by atoms with van der Waals surface area (Å²) < 4.78 is 6.41. The Morgan fingerprint density at radius 2 is 2.28 bits per heavy atom. The molecule has 0 saturated heterocycles. The van der Waals surface area contributed by atoms with Crippen LogP contribution in [-0.2, 0) is 16.6 Å². The summed E-state index contributed by atoms with van der Waals surface area (Å²) in [6, 6.07) is 3.96. The number of carbonyl (C=O) groups is 1. The van der Waals surface area contributed by atoms with Crippen molar-refractivity contribution in [3.05, 3.63) is 33.2 Å². The number of fused-ring (bicyclic) bond motifs is 1. The van der Waals surface area contributed by atoms with Gasteiger partial charge in [0.25, 0.3) is 5.56 Å². The number of rotatable bonds is 7. The molecular weight excluding hydrogens is 378 g/mol. The van der Waals surface area contributed by atoms with Crippen molar-refractivity contribution >= 4 is 50.6 Å². The summed E-state index contributed by atoms with van der Waals surface area (Å²) >= 11 is 4.31. The van der Waals surface area contributed by atoms with E-state index >= 15 is 0 Å². The highest BCUT2D eigenvalue weighted by Gasteiger charge is 2.16. The van der Waals surface area contributed by atoms with E-state index in [9.17, 15) is 9.59 Å². The molecule has 0 fully saturated rings. The van der Waals surface area contributed by atoms with E-state index in [4.69, 9.17) is 4.74 Å². The average molecular weight is 396 g/mol. The Kier molecular flexibility index (Phi) is 5.89. The van der Waals surface area contributed by atoms with Crippen LogP contribution in [0.5, 0.6) is 0 Å². The molecule has 0 aromatic carbocycles. The molecule has 25 heavy (non-hydrogen) atoms. The predicted molar refractivity (Wildman–Crippen MR) is 104 cm³/mol. The highest BCUT2D eigenvalue weighted by atomic mass is 32.2. The molecule has 0 aliphatic rings. The summed E-state index contributed by atoms with van der Waals surface area (Å²) in [4.78, 5) is 30.9. The lowest BCUT2D eigenvalue weighted by Crippen LogP contribution is -2.29. The van der Waals surface area contributed by atoms with E-state index in [0.717, 1.165) is 10.4 Å². The first-order valence-electron chi connectivity index (χ1n) is 7.52. The maximum atomic E-state index is 12.8. The molecule has 0 radical (unpaired) electrons. The van der Waals surface area contributed by atoms with Crippen molar-refractivity contribution in [2.45, 2.75) is 5.16 Å². The van der Waals surface area contributed by atoms with Crippen LogP contribution in [0.2, 0.25) is 0 Å². The highest BCUT2D eigenvalue weighted by Crippen LogP contribution is 2.34. The molecule has 0 aliphatic carbocycles. The van der Waals surface area contributed by atoms with Gasteiger partial charge >= 0.3 is 0 Å². The van der Waals surface area contributed by atoms with Crippen LogP contribution in [0.4, 0.5) is 0 Å². The zero-order chi connectivity index (χ0) is 17.8. The monoisotopic (exact) mass is 395 g/mol. The molecule has 1 N–H and O–H groups in total. The van der Waals surface area contributed by atoms with Crippen LogP contribution >= 0.6 is 34.4 Å². The van der Waals surface area contributed by atoms with Crippen molar-refractivity contribution in [2.75, 3.05) is 26.0 Å². The van der Waals surface area contributed by atoms with Crippen molar-refractivity contribution in [2.24, 2.45) is 7.05 Å². The van der Waals surface area contributed by atoms with Gasteiger partial charge in [-0.1, -0.05) is 17.8 Å². The van der Waals surface area contributed by atoms with Crippen LogP contribution in [0, 0.1) is 0 Å². The van der Waals surface area contributed by atoms with Crippen LogP contribution < -0.4 is 10.9 Å². The SMILES string of the molecule is COCCNC(=O)CSc1nc2scc(-c3cccs3)c2c(=O)n1C. The van der Waals surface area contributed by atoms with E-state index in [1.165, 1.54) is 27.7 Å². The van der Waals surface area contributed by atoms with Gasteiger partial charge in [0, 0.05) is 36.5 Å². The Labute approximate surface area is 156 Å². The number of thioether (sulfide) groups is 1. The van der Waals surface area contributed by atoms with Gasteiger partial charge < -0.3 is 10.1 Å². The Balaban J connectivity index is 1.83. The third-order valence-electron chi connectivity index (χ3n) is 3.52. The lowest BCUT2D eigenvalue weighted by Gasteiger charge is -2.08. The molecule has 0 atom stereocenters. The third-order valence-corrected chi connectivity index (χ3v) is 6.33. The number of thiophene rings is 2. The largest absolute Gasteiger partial charge is 0.383 e. The van der Waals surface area contributed by atoms with Gasteiger partial charge in [-0.2, -0.15) is 0 Å². The highest BCUT2D eigenvalue weighted by molar-refractivity contribution is 7.99. The van der Waals surface area contributed by atoms with Crippen LogP contribution in [0.25, 0.3) is 20.7 Å². The minimum atomic E-state index is -0.109. The number of ether oxygens (including phenoxy) is 1. The fourth-order valence-electron chi connectivity index (χ4n) is 2.27. The average Bonchev–Trinajstić information content (AvgIpc) is 3.26. The van der Waals surface area contributed by atoms with Gasteiger partial charge in [0.1, 0.15) is 4.83 Å². The summed E-state index contributed by atoms with van der Waals surface area (Å²) in [7, 11) is 3.27. The van der Waals surface area contributed by atoms with Crippen molar-refractivity contribution in [3.8, 4) is 10.4 Å². The van der Waals surface area contributed by atoms with E-state index in [1.807, 2.05) is 22.9 Å². The number of amides is 1. The third kappa shape index (κ3) is 3.95. The molecule has 6 nitrogen and oxygen atoms in total. The molecule has 132 valence electrons. The molecular formula is C16H17N3O3S3. The normalized spacial score (nSPS) is 11.1. The van der Waals surface area contributed by atoms with Gasteiger partial charge in [-0.15, -0.1) is 22.7 Å². The van der Waals surface area contributed by atoms with E-state index in [0.29, 0.717) is 28.5 Å². The summed E-state index contributed by atoms with van der Waals surface area (Å²) in [5, 5.41) is 7.89. The topological polar surface area (TPSA) is 73.2 Å². The number of hydrogen-bond acceptors (Lipinski definition) is 7.